The van der Waals surface area contributed by atoms with Gasteiger partial charge in [-0.25, -0.2) is 8.42 Å². The van der Waals surface area contributed by atoms with Crippen molar-refractivity contribution in [3.63, 3.8) is 0 Å². The quantitative estimate of drug-likeness (QED) is 0.401. The van der Waals surface area contributed by atoms with Crippen LogP contribution in [0.1, 0.15) is 0 Å². The van der Waals surface area contributed by atoms with Crippen molar-refractivity contribution in [3.05, 3.63) is 0 Å². The summed E-state index contributed by atoms with van der Waals surface area (Å²) in [7, 11) is -1.51. The second kappa shape index (κ2) is 3.15. The summed E-state index contributed by atoms with van der Waals surface area (Å²) in [4.78, 5) is 0. The van der Waals surface area contributed by atoms with E-state index in [1.807, 2.05) is 0 Å². The molecule has 0 aliphatic heterocycles. The Balaban J connectivity index is 0. The number of halogens is 4. The van der Waals surface area contributed by atoms with Gasteiger partial charge in [-0.15, -0.1) is 0 Å². The van der Waals surface area contributed by atoms with Crippen LogP contribution in [0.3, 0.4) is 0 Å². The van der Waals surface area contributed by atoms with Crippen molar-refractivity contribution in [1.82, 2.24) is 0 Å². The van der Waals surface area contributed by atoms with E-state index in [0.29, 0.717) is 0 Å². The van der Waals surface area contributed by atoms with E-state index in [2.05, 4.69) is 10.7 Å². The molecule has 0 saturated heterocycles. The molecule has 0 aliphatic rings. The van der Waals surface area contributed by atoms with E-state index in [9.17, 15) is 21.6 Å². The fourth-order valence-corrected chi connectivity index (χ4v) is 0. The van der Waals surface area contributed by atoms with Gasteiger partial charge in [-0.3, -0.25) is 0 Å². The summed E-state index contributed by atoms with van der Waals surface area (Å²) in [5, 5.41) is 0. The molecule has 0 spiro atoms. The molecule has 1 radical (unpaired) electrons. The van der Waals surface area contributed by atoms with Crippen molar-refractivity contribution >= 4 is 38.6 Å². The summed E-state index contributed by atoms with van der Waals surface area (Å²) < 4.78 is 51.1. The molecule has 0 saturated carbocycles. The average molecular weight is 175 g/mol. The molecule has 0 heterocycles. The van der Waals surface area contributed by atoms with E-state index < -0.39 is 14.6 Å². The van der Waals surface area contributed by atoms with Crippen molar-refractivity contribution in [2.45, 2.75) is 5.51 Å². The maximum Gasteiger partial charge on any atom is 0.511 e. The van der Waals surface area contributed by atoms with E-state index in [-0.39, 0.29) is 18.9 Å². The molecule has 0 aliphatic carbocycles. The Morgan fingerprint density at radius 3 is 1.33 bits per heavy atom. The maximum absolute atomic E-state index is 10.8. The SMILES string of the molecule is O=S(=O)(Cl)C(F)(F)F.[Li]. The average Bonchev–Trinajstić information content (AvgIpc) is 1.25. The molecule has 0 N–H and O–H groups in total. The molecule has 0 aromatic heterocycles. The zero-order chi connectivity index (χ0) is 7.00. The maximum atomic E-state index is 10.8. The molecular weight excluding hydrogens is 175 g/mol. The molecule has 0 aromatic rings. The first kappa shape index (κ1) is 12.3. The summed E-state index contributed by atoms with van der Waals surface area (Å²) in [6.07, 6.45) is 0. The van der Waals surface area contributed by atoms with Crippen molar-refractivity contribution in [3.8, 4) is 0 Å². The molecule has 8 heteroatoms. The molecule has 0 aromatic carbocycles. The van der Waals surface area contributed by atoms with Crippen LogP contribution in [0.5, 0.6) is 0 Å². The second-order valence-corrected chi connectivity index (χ2v) is 3.44. The first-order valence-corrected chi connectivity index (χ1v) is 3.57. The van der Waals surface area contributed by atoms with Crippen LogP contribution in [0.15, 0.2) is 0 Å². The van der Waals surface area contributed by atoms with E-state index in [4.69, 9.17) is 0 Å². The van der Waals surface area contributed by atoms with Gasteiger partial charge >= 0.3 is 14.6 Å². The number of hydrogen-bond acceptors (Lipinski definition) is 2. The van der Waals surface area contributed by atoms with Gasteiger partial charge in [0.1, 0.15) is 0 Å². The minimum absolute atomic E-state index is 0. The number of hydrogen-bond donors (Lipinski definition) is 0. The van der Waals surface area contributed by atoms with Gasteiger partial charge in [-0.2, -0.15) is 13.2 Å². The third kappa shape index (κ3) is 4.09. The van der Waals surface area contributed by atoms with E-state index >= 15 is 0 Å². The van der Waals surface area contributed by atoms with Gasteiger partial charge in [-0.1, -0.05) is 0 Å². The molecule has 0 unspecified atom stereocenters. The van der Waals surface area contributed by atoms with Gasteiger partial charge < -0.3 is 0 Å². The summed E-state index contributed by atoms with van der Waals surface area (Å²) in [5.74, 6) is 0. The number of alkyl halides is 3. The minimum atomic E-state index is -5.37. The fraction of sp³-hybridized carbons (Fsp3) is 1.00. The van der Waals surface area contributed by atoms with Crippen LogP contribution in [-0.2, 0) is 9.05 Å². The summed E-state index contributed by atoms with van der Waals surface area (Å²) in [6.45, 7) is 0. The molecule has 0 atom stereocenters. The van der Waals surface area contributed by atoms with Crippen LogP contribution >= 0.6 is 10.7 Å². The van der Waals surface area contributed by atoms with Crippen molar-refractivity contribution < 1.29 is 21.6 Å². The molecule has 9 heavy (non-hydrogen) atoms. The molecule has 0 rings (SSSR count). The van der Waals surface area contributed by atoms with Crippen LogP contribution in [0.2, 0.25) is 0 Å². The zero-order valence-corrected chi connectivity index (χ0v) is 5.81. The first-order valence-electron chi connectivity index (χ1n) is 1.26. The van der Waals surface area contributed by atoms with Crippen LogP contribution in [0.4, 0.5) is 13.2 Å². The van der Waals surface area contributed by atoms with E-state index in [1.54, 1.807) is 0 Å². The molecule has 0 fully saturated rings. The van der Waals surface area contributed by atoms with Gasteiger partial charge in [-0.05, 0) is 0 Å². The Morgan fingerprint density at radius 2 is 1.33 bits per heavy atom. The first-order chi connectivity index (χ1) is 3.25. The third-order valence-corrected chi connectivity index (χ3v) is 1.35. The molecule has 0 amide bonds. The molecule has 2 nitrogen and oxygen atoms in total. The van der Waals surface area contributed by atoms with Crippen molar-refractivity contribution in [1.29, 1.82) is 0 Å². The van der Waals surface area contributed by atoms with Gasteiger partial charge in [0.15, 0.2) is 0 Å². The fourth-order valence-electron chi connectivity index (χ4n) is 0. The number of rotatable bonds is 0. The van der Waals surface area contributed by atoms with Gasteiger partial charge in [0.25, 0.3) is 0 Å². The Labute approximate surface area is 66.0 Å². The summed E-state index contributed by atoms with van der Waals surface area (Å²) in [5.41, 5.74) is -5.32. The standard InChI is InChI=1S/CClF3O2S.Li/c2-8(6,7)1(3,4)5;. The topological polar surface area (TPSA) is 34.1 Å². The second-order valence-electron chi connectivity index (χ2n) is 0.884. The van der Waals surface area contributed by atoms with Crippen molar-refractivity contribution in [2.75, 3.05) is 0 Å². The Hall–Kier alpha value is 0.627. The smallest absolute Gasteiger partial charge is 0.203 e. The van der Waals surface area contributed by atoms with Crippen LogP contribution < -0.4 is 0 Å². The van der Waals surface area contributed by atoms with Gasteiger partial charge in [0.2, 0.25) is 0 Å². The Kier molecular flexibility index (Phi) is 4.31. The third-order valence-electron chi connectivity index (χ3n) is 0.276. The van der Waals surface area contributed by atoms with E-state index in [1.165, 1.54) is 0 Å². The van der Waals surface area contributed by atoms with Gasteiger partial charge in [0, 0.05) is 29.5 Å². The normalized spacial score (nSPS) is 12.4. The summed E-state index contributed by atoms with van der Waals surface area (Å²) >= 11 is 0. The monoisotopic (exact) mass is 175 g/mol. The molecular formula is CClF3LiO2S. The van der Waals surface area contributed by atoms with Crippen LogP contribution in [-0.4, -0.2) is 32.8 Å². The van der Waals surface area contributed by atoms with Crippen LogP contribution in [0, 0.1) is 0 Å². The summed E-state index contributed by atoms with van der Waals surface area (Å²) in [6, 6.07) is 0. The van der Waals surface area contributed by atoms with Crippen molar-refractivity contribution in [2.24, 2.45) is 0 Å². The molecule has 0 bridgehead atoms. The largest absolute Gasteiger partial charge is 0.511 e. The van der Waals surface area contributed by atoms with Crippen LogP contribution in [0.25, 0.3) is 0 Å². The Morgan fingerprint density at radius 1 is 1.22 bits per heavy atom. The van der Waals surface area contributed by atoms with E-state index in [0.717, 1.165) is 0 Å². The predicted molar refractivity (Wildman–Crippen MR) is 26.6 cm³/mol. The Bertz CT molecular complexity index is 171. The van der Waals surface area contributed by atoms with Gasteiger partial charge in [0.05, 0.1) is 0 Å². The zero-order valence-electron chi connectivity index (χ0n) is 4.24. The molecule has 51 valence electrons. The predicted octanol–water partition coefficient (Wildman–Crippen LogP) is 0.694. The minimum Gasteiger partial charge on any atom is -0.203 e.